The SMILES string of the molecule is CCC(CC)C(=O)N[C@@H]1CC[C@@H]2CN(Cc3cccc(C(F)(F)F)c3)C[C@H]21. The van der Waals surface area contributed by atoms with Crippen LogP contribution in [-0.4, -0.2) is 29.9 Å². The van der Waals surface area contributed by atoms with Crippen molar-refractivity contribution >= 4 is 5.91 Å². The van der Waals surface area contributed by atoms with Gasteiger partial charge in [-0.3, -0.25) is 9.69 Å². The molecular formula is C21H29F3N2O. The van der Waals surface area contributed by atoms with Crippen molar-refractivity contribution in [2.75, 3.05) is 13.1 Å². The van der Waals surface area contributed by atoms with Crippen molar-refractivity contribution in [3.8, 4) is 0 Å². The molecule has 27 heavy (non-hydrogen) atoms. The molecular weight excluding hydrogens is 353 g/mol. The van der Waals surface area contributed by atoms with Crippen molar-refractivity contribution in [3.63, 3.8) is 0 Å². The van der Waals surface area contributed by atoms with Crippen LogP contribution in [-0.2, 0) is 17.5 Å². The minimum Gasteiger partial charge on any atom is -0.353 e. The van der Waals surface area contributed by atoms with E-state index < -0.39 is 11.7 Å². The Morgan fingerprint density at radius 3 is 2.63 bits per heavy atom. The fourth-order valence-corrected chi connectivity index (χ4v) is 4.73. The van der Waals surface area contributed by atoms with Gasteiger partial charge in [0.05, 0.1) is 5.56 Å². The lowest BCUT2D eigenvalue weighted by atomic mass is 9.96. The van der Waals surface area contributed by atoms with E-state index in [1.54, 1.807) is 6.07 Å². The van der Waals surface area contributed by atoms with Gasteiger partial charge in [-0.25, -0.2) is 0 Å². The second kappa shape index (κ2) is 8.21. The van der Waals surface area contributed by atoms with E-state index in [1.165, 1.54) is 12.1 Å². The maximum atomic E-state index is 12.9. The molecule has 3 nitrogen and oxygen atoms in total. The molecule has 150 valence electrons. The van der Waals surface area contributed by atoms with Crippen LogP contribution in [0.3, 0.4) is 0 Å². The van der Waals surface area contributed by atoms with Gasteiger partial charge in [-0.1, -0.05) is 32.0 Å². The molecule has 1 N–H and O–H groups in total. The first-order chi connectivity index (χ1) is 12.8. The molecule has 1 aromatic rings. The van der Waals surface area contributed by atoms with Crippen LogP contribution in [0.1, 0.15) is 50.7 Å². The predicted octanol–water partition coefficient (Wildman–Crippen LogP) is 4.47. The summed E-state index contributed by atoms with van der Waals surface area (Å²) in [5, 5.41) is 3.25. The highest BCUT2D eigenvalue weighted by Gasteiger charge is 2.43. The lowest BCUT2D eigenvalue weighted by Gasteiger charge is -2.24. The molecule has 0 radical (unpaired) electrons. The number of amides is 1. The number of benzene rings is 1. The highest BCUT2D eigenvalue weighted by molar-refractivity contribution is 5.78. The quantitative estimate of drug-likeness (QED) is 0.787. The van der Waals surface area contributed by atoms with E-state index in [2.05, 4.69) is 10.2 Å². The molecule has 1 heterocycles. The zero-order valence-corrected chi connectivity index (χ0v) is 16.1. The summed E-state index contributed by atoms with van der Waals surface area (Å²) in [5.41, 5.74) is 0.108. The van der Waals surface area contributed by atoms with Gasteiger partial charge in [-0.2, -0.15) is 13.2 Å². The Bertz CT molecular complexity index is 657. The summed E-state index contributed by atoms with van der Waals surface area (Å²) in [6.07, 6.45) is -0.506. The summed E-state index contributed by atoms with van der Waals surface area (Å²) in [6, 6.07) is 5.81. The standard InChI is InChI=1S/C21H29F3N2O/c1-3-15(4-2)20(27)25-19-9-8-16-12-26(13-18(16)19)11-14-6-5-7-17(10-14)21(22,23)24/h5-7,10,15-16,18-19H,3-4,8-9,11-13H2,1-2H3,(H,25,27)/t16-,18-,19-/m1/s1. The van der Waals surface area contributed by atoms with Crippen LogP contribution in [0.4, 0.5) is 13.2 Å². The number of hydrogen-bond acceptors (Lipinski definition) is 2. The van der Waals surface area contributed by atoms with Crippen molar-refractivity contribution in [1.82, 2.24) is 10.2 Å². The van der Waals surface area contributed by atoms with Gasteiger partial charge in [-0.15, -0.1) is 0 Å². The molecule has 2 aliphatic rings. The fourth-order valence-electron chi connectivity index (χ4n) is 4.73. The average molecular weight is 382 g/mol. The lowest BCUT2D eigenvalue weighted by molar-refractivity contribution is -0.137. The number of rotatable bonds is 6. The summed E-state index contributed by atoms with van der Waals surface area (Å²) in [6.45, 7) is 6.35. The fraction of sp³-hybridized carbons (Fsp3) is 0.667. The van der Waals surface area contributed by atoms with Gasteiger partial charge in [0.1, 0.15) is 0 Å². The van der Waals surface area contributed by atoms with Crippen molar-refractivity contribution < 1.29 is 18.0 Å². The van der Waals surface area contributed by atoms with Crippen molar-refractivity contribution in [3.05, 3.63) is 35.4 Å². The van der Waals surface area contributed by atoms with Crippen LogP contribution in [0.2, 0.25) is 0 Å². The highest BCUT2D eigenvalue weighted by atomic mass is 19.4. The number of alkyl halides is 3. The Kier molecular flexibility index (Phi) is 6.14. The van der Waals surface area contributed by atoms with E-state index in [1.807, 2.05) is 13.8 Å². The first kappa shape index (κ1) is 20.2. The molecule has 1 saturated heterocycles. The zero-order valence-electron chi connectivity index (χ0n) is 16.1. The second-order valence-corrected chi connectivity index (χ2v) is 8.02. The Morgan fingerprint density at radius 1 is 1.22 bits per heavy atom. The van der Waals surface area contributed by atoms with E-state index >= 15 is 0 Å². The van der Waals surface area contributed by atoms with Crippen molar-refractivity contribution in [2.24, 2.45) is 17.8 Å². The molecule has 0 bridgehead atoms. The molecule has 1 aromatic carbocycles. The van der Waals surface area contributed by atoms with Crippen LogP contribution >= 0.6 is 0 Å². The molecule has 1 amide bonds. The molecule has 0 spiro atoms. The number of fused-ring (bicyclic) bond motifs is 1. The van der Waals surface area contributed by atoms with Gasteiger partial charge in [0.2, 0.25) is 5.91 Å². The first-order valence-corrected chi connectivity index (χ1v) is 10.0. The first-order valence-electron chi connectivity index (χ1n) is 10.0. The van der Waals surface area contributed by atoms with Crippen LogP contribution in [0, 0.1) is 17.8 Å². The maximum Gasteiger partial charge on any atom is 0.416 e. The molecule has 0 aromatic heterocycles. The third-order valence-corrected chi connectivity index (χ3v) is 6.28. The van der Waals surface area contributed by atoms with Crippen LogP contribution in [0.15, 0.2) is 24.3 Å². The van der Waals surface area contributed by atoms with Gasteiger partial charge in [0.25, 0.3) is 0 Å². The number of hydrogen-bond donors (Lipinski definition) is 1. The van der Waals surface area contributed by atoms with Gasteiger partial charge in [0, 0.05) is 31.6 Å². The van der Waals surface area contributed by atoms with E-state index in [0.717, 1.165) is 44.8 Å². The van der Waals surface area contributed by atoms with Crippen molar-refractivity contribution in [2.45, 2.75) is 58.3 Å². The second-order valence-electron chi connectivity index (χ2n) is 8.02. The normalized spacial score (nSPS) is 25.8. The van der Waals surface area contributed by atoms with E-state index in [0.29, 0.717) is 23.9 Å². The molecule has 2 fully saturated rings. The monoisotopic (exact) mass is 382 g/mol. The molecule has 3 atom stereocenters. The van der Waals surface area contributed by atoms with Gasteiger partial charge < -0.3 is 5.32 Å². The Labute approximate surface area is 159 Å². The summed E-state index contributed by atoms with van der Waals surface area (Å²) in [7, 11) is 0. The summed E-state index contributed by atoms with van der Waals surface area (Å²) in [4.78, 5) is 14.7. The minimum absolute atomic E-state index is 0.0756. The molecule has 6 heteroatoms. The van der Waals surface area contributed by atoms with Crippen molar-refractivity contribution in [1.29, 1.82) is 0 Å². The summed E-state index contributed by atoms with van der Waals surface area (Å²) in [5.74, 6) is 1.17. The number of likely N-dealkylation sites (tertiary alicyclic amines) is 1. The number of carbonyl (C=O) groups is 1. The third kappa shape index (κ3) is 4.65. The topological polar surface area (TPSA) is 32.3 Å². The van der Waals surface area contributed by atoms with Gasteiger partial charge in [-0.05, 0) is 49.1 Å². The molecule has 1 saturated carbocycles. The van der Waals surface area contributed by atoms with Crippen LogP contribution in [0.5, 0.6) is 0 Å². The van der Waals surface area contributed by atoms with Crippen LogP contribution in [0.25, 0.3) is 0 Å². The zero-order chi connectivity index (χ0) is 19.6. The number of nitrogens with zero attached hydrogens (tertiary/aromatic N) is 1. The number of nitrogens with one attached hydrogen (secondary N) is 1. The van der Waals surface area contributed by atoms with Gasteiger partial charge >= 0.3 is 6.18 Å². The molecule has 3 rings (SSSR count). The van der Waals surface area contributed by atoms with E-state index in [4.69, 9.17) is 0 Å². The molecule has 1 aliphatic heterocycles. The smallest absolute Gasteiger partial charge is 0.353 e. The predicted molar refractivity (Wildman–Crippen MR) is 98.9 cm³/mol. The average Bonchev–Trinajstić information content (AvgIpc) is 3.17. The summed E-state index contributed by atoms with van der Waals surface area (Å²) < 4.78 is 38.7. The van der Waals surface area contributed by atoms with Gasteiger partial charge in [0.15, 0.2) is 0 Å². The lowest BCUT2D eigenvalue weighted by Crippen LogP contribution is -2.42. The minimum atomic E-state index is -4.30. The molecule has 0 unspecified atom stereocenters. The Balaban J connectivity index is 1.59. The Morgan fingerprint density at radius 2 is 1.96 bits per heavy atom. The number of carbonyl (C=O) groups excluding carboxylic acids is 1. The number of halogens is 3. The van der Waals surface area contributed by atoms with E-state index in [9.17, 15) is 18.0 Å². The van der Waals surface area contributed by atoms with Crippen LogP contribution < -0.4 is 5.32 Å². The summed E-state index contributed by atoms with van der Waals surface area (Å²) >= 11 is 0. The maximum absolute atomic E-state index is 12.9. The molecule has 1 aliphatic carbocycles. The third-order valence-electron chi connectivity index (χ3n) is 6.28. The highest BCUT2D eigenvalue weighted by Crippen LogP contribution is 2.39. The van der Waals surface area contributed by atoms with E-state index in [-0.39, 0.29) is 17.9 Å². The Hall–Kier alpha value is -1.56. The largest absolute Gasteiger partial charge is 0.416 e.